The summed E-state index contributed by atoms with van der Waals surface area (Å²) < 4.78 is 28.5. The van der Waals surface area contributed by atoms with Gasteiger partial charge in [0, 0.05) is 12.4 Å². The largest absolute Gasteiger partial charge is 0.300 e. The molecule has 2 N–H and O–H groups in total. The fourth-order valence-corrected chi connectivity index (χ4v) is 5.46. The highest BCUT2D eigenvalue weighted by molar-refractivity contribution is 8.18. The first kappa shape index (κ1) is 25.2. The highest BCUT2D eigenvalue weighted by Gasteiger charge is 2.24. The summed E-state index contributed by atoms with van der Waals surface area (Å²) in [4.78, 5) is 29.7. The Kier molecular flexibility index (Phi) is 7.20. The van der Waals surface area contributed by atoms with E-state index in [1.807, 2.05) is 36.5 Å². The van der Waals surface area contributed by atoms with E-state index in [2.05, 4.69) is 20.1 Å². The van der Waals surface area contributed by atoms with Gasteiger partial charge in [0.2, 0.25) is 5.91 Å². The van der Waals surface area contributed by atoms with Crippen molar-refractivity contribution >= 4 is 50.5 Å². The Balaban J connectivity index is 1.20. The number of nitrogens with one attached hydrogen (secondary N) is 2. The van der Waals surface area contributed by atoms with Crippen molar-refractivity contribution in [2.45, 2.75) is 11.3 Å². The Hall–Kier alpha value is -4.48. The fourth-order valence-electron chi connectivity index (χ4n) is 3.61. The Morgan fingerprint density at radius 1 is 1.00 bits per heavy atom. The van der Waals surface area contributed by atoms with Gasteiger partial charge in [0.1, 0.15) is 0 Å². The van der Waals surface area contributed by atoms with Gasteiger partial charge in [-0.3, -0.25) is 9.59 Å². The molecule has 1 aliphatic rings. The van der Waals surface area contributed by atoms with Crippen LogP contribution in [0.25, 0.3) is 11.8 Å². The molecular formula is C27H21N5O4S2. The van der Waals surface area contributed by atoms with E-state index >= 15 is 0 Å². The Bertz CT molecular complexity index is 1630. The predicted octanol–water partition coefficient (Wildman–Crippen LogP) is 3.81. The smallest absolute Gasteiger partial charge is 0.264 e. The lowest BCUT2D eigenvalue weighted by molar-refractivity contribution is -0.118. The number of carbonyl (C=O) groups is 2. The topological polar surface area (TPSA) is 123 Å². The number of sulfonamides is 1. The van der Waals surface area contributed by atoms with Gasteiger partial charge in [-0.1, -0.05) is 42.5 Å². The molecule has 38 heavy (non-hydrogen) atoms. The first-order valence-electron chi connectivity index (χ1n) is 11.4. The number of hydrogen-bond donors (Lipinski definition) is 2. The quantitative estimate of drug-likeness (QED) is 0.342. The lowest BCUT2D eigenvalue weighted by Gasteiger charge is -2.07. The third-order valence-corrected chi connectivity index (χ3v) is 7.74. The number of benzene rings is 3. The van der Waals surface area contributed by atoms with E-state index < -0.39 is 15.9 Å². The van der Waals surface area contributed by atoms with Crippen molar-refractivity contribution in [1.82, 2.24) is 19.8 Å². The van der Waals surface area contributed by atoms with E-state index in [9.17, 15) is 18.0 Å². The summed E-state index contributed by atoms with van der Waals surface area (Å²) in [7, 11) is -3.92. The molecule has 4 aromatic rings. The van der Waals surface area contributed by atoms with Gasteiger partial charge in [0.25, 0.3) is 15.9 Å². The molecule has 0 bridgehead atoms. The Morgan fingerprint density at radius 2 is 1.74 bits per heavy atom. The van der Waals surface area contributed by atoms with E-state index in [-0.39, 0.29) is 17.2 Å². The molecule has 0 radical (unpaired) electrons. The second-order valence-electron chi connectivity index (χ2n) is 8.21. The van der Waals surface area contributed by atoms with Gasteiger partial charge in [-0.25, -0.2) is 22.8 Å². The van der Waals surface area contributed by atoms with Crippen LogP contribution in [0.15, 0.2) is 112 Å². The molecule has 0 aliphatic carbocycles. The van der Waals surface area contributed by atoms with Crippen LogP contribution in [0.5, 0.6) is 0 Å². The molecular weight excluding hydrogens is 522 g/mol. The maximum Gasteiger partial charge on any atom is 0.264 e. The second kappa shape index (κ2) is 10.9. The number of amidine groups is 1. The summed E-state index contributed by atoms with van der Waals surface area (Å²) in [5.41, 5.74) is 2.99. The summed E-state index contributed by atoms with van der Waals surface area (Å²) in [5.74, 6) is -0.878. The van der Waals surface area contributed by atoms with Crippen molar-refractivity contribution in [2.24, 2.45) is 4.99 Å². The summed E-state index contributed by atoms with van der Waals surface area (Å²) in [5, 5.41) is 7.39. The standard InChI is InChI=1S/C27H21N5O4S2/c33-25(31-38(35,36)23-5-2-1-3-6-23)18-20-7-11-21(12-8-20)29-27-30-26(34)24(37-27)17-19-9-13-22(14-10-19)32-16-4-15-28-32/h1-17H,18H2,(H,31,33)(H,29,30,34). The first-order chi connectivity index (χ1) is 18.4. The van der Waals surface area contributed by atoms with Crippen LogP contribution in [0, 0.1) is 0 Å². The molecule has 0 saturated carbocycles. The van der Waals surface area contributed by atoms with Gasteiger partial charge in [-0.2, -0.15) is 5.10 Å². The van der Waals surface area contributed by atoms with Crippen molar-refractivity contribution in [3.8, 4) is 5.69 Å². The van der Waals surface area contributed by atoms with Crippen LogP contribution in [0.4, 0.5) is 5.69 Å². The SMILES string of the molecule is O=C(Cc1ccc(N=C2NC(=O)C(=Cc3ccc(-n4cccn4)cc3)S2)cc1)NS(=O)(=O)c1ccccc1. The normalized spacial score (nSPS) is 15.5. The molecule has 11 heteroatoms. The Morgan fingerprint density at radius 3 is 2.42 bits per heavy atom. The number of rotatable bonds is 7. The number of amides is 2. The molecule has 3 aromatic carbocycles. The van der Waals surface area contributed by atoms with Gasteiger partial charge in [-0.15, -0.1) is 0 Å². The van der Waals surface area contributed by atoms with Crippen LogP contribution in [0.2, 0.25) is 0 Å². The molecule has 190 valence electrons. The maximum absolute atomic E-state index is 12.4. The predicted molar refractivity (Wildman–Crippen MR) is 146 cm³/mol. The second-order valence-corrected chi connectivity index (χ2v) is 10.9. The van der Waals surface area contributed by atoms with Crippen LogP contribution in [0.3, 0.4) is 0 Å². The molecule has 0 atom stereocenters. The van der Waals surface area contributed by atoms with Crippen LogP contribution in [-0.4, -0.2) is 35.2 Å². The molecule has 5 rings (SSSR count). The lowest BCUT2D eigenvalue weighted by atomic mass is 10.1. The molecule has 0 spiro atoms. The van der Waals surface area contributed by atoms with E-state index in [1.54, 1.807) is 59.4 Å². The van der Waals surface area contributed by atoms with Gasteiger partial charge >= 0.3 is 0 Å². The number of hydrogen-bond acceptors (Lipinski definition) is 7. The van der Waals surface area contributed by atoms with Gasteiger partial charge in [0.15, 0.2) is 5.17 Å². The van der Waals surface area contributed by atoms with Gasteiger partial charge in [-0.05, 0) is 71.4 Å². The zero-order valence-electron chi connectivity index (χ0n) is 19.8. The van der Waals surface area contributed by atoms with E-state index in [1.165, 1.54) is 23.9 Å². The monoisotopic (exact) mass is 543 g/mol. The van der Waals surface area contributed by atoms with E-state index in [0.717, 1.165) is 11.3 Å². The number of aromatic nitrogens is 2. The van der Waals surface area contributed by atoms with Crippen molar-refractivity contribution in [1.29, 1.82) is 0 Å². The molecule has 1 aliphatic heterocycles. The molecule has 1 saturated heterocycles. The van der Waals surface area contributed by atoms with Crippen LogP contribution in [0.1, 0.15) is 11.1 Å². The number of aliphatic imine (C=N–C) groups is 1. The Labute approximate surface area is 223 Å². The average molecular weight is 544 g/mol. The van der Waals surface area contributed by atoms with Crippen molar-refractivity contribution in [3.63, 3.8) is 0 Å². The summed E-state index contributed by atoms with van der Waals surface area (Å²) >= 11 is 1.23. The zero-order chi connectivity index (χ0) is 26.5. The molecule has 1 fully saturated rings. The fraction of sp³-hybridized carbons (Fsp3) is 0.0370. The zero-order valence-corrected chi connectivity index (χ0v) is 21.4. The highest BCUT2D eigenvalue weighted by atomic mass is 32.2. The summed E-state index contributed by atoms with van der Waals surface area (Å²) in [6, 6.07) is 24.0. The molecule has 1 aromatic heterocycles. The van der Waals surface area contributed by atoms with Crippen molar-refractivity contribution in [3.05, 3.63) is 113 Å². The number of thioether (sulfide) groups is 1. The molecule has 2 heterocycles. The van der Waals surface area contributed by atoms with E-state index in [4.69, 9.17) is 0 Å². The van der Waals surface area contributed by atoms with Crippen LogP contribution in [-0.2, 0) is 26.0 Å². The minimum atomic E-state index is -3.92. The minimum absolute atomic E-state index is 0.0234. The minimum Gasteiger partial charge on any atom is -0.300 e. The van der Waals surface area contributed by atoms with E-state index in [0.29, 0.717) is 21.3 Å². The van der Waals surface area contributed by atoms with Gasteiger partial charge in [0.05, 0.1) is 27.6 Å². The third-order valence-electron chi connectivity index (χ3n) is 5.44. The highest BCUT2D eigenvalue weighted by Crippen LogP contribution is 2.28. The third kappa shape index (κ3) is 6.07. The summed E-state index contributed by atoms with van der Waals surface area (Å²) in [6.45, 7) is 0. The maximum atomic E-state index is 12.4. The van der Waals surface area contributed by atoms with Crippen LogP contribution >= 0.6 is 11.8 Å². The first-order valence-corrected chi connectivity index (χ1v) is 13.7. The van der Waals surface area contributed by atoms with Crippen molar-refractivity contribution in [2.75, 3.05) is 0 Å². The summed E-state index contributed by atoms with van der Waals surface area (Å²) in [6.07, 6.45) is 5.25. The van der Waals surface area contributed by atoms with Crippen molar-refractivity contribution < 1.29 is 18.0 Å². The van der Waals surface area contributed by atoms with Gasteiger partial charge < -0.3 is 5.32 Å². The number of carbonyl (C=O) groups excluding carboxylic acids is 2. The molecule has 9 nitrogen and oxygen atoms in total. The molecule has 2 amide bonds. The molecule has 0 unspecified atom stereocenters. The average Bonchev–Trinajstić information content (AvgIpc) is 3.56. The number of nitrogens with zero attached hydrogens (tertiary/aromatic N) is 3. The lowest BCUT2D eigenvalue weighted by Crippen LogP contribution is -2.31. The van der Waals surface area contributed by atoms with Crippen LogP contribution < -0.4 is 10.0 Å².